The molecule has 0 aliphatic heterocycles. The smallest absolute Gasteiger partial charge is 0.220 e. The Kier molecular flexibility index (Phi) is 40.3. The Bertz CT molecular complexity index is 705. The van der Waals surface area contributed by atoms with Crippen molar-refractivity contribution < 1.29 is 15.0 Å². The summed E-state index contributed by atoms with van der Waals surface area (Å²) in [6.07, 6.45) is 52.9. The van der Waals surface area contributed by atoms with Gasteiger partial charge in [-0.15, -0.1) is 0 Å². The minimum atomic E-state index is -0.857. The van der Waals surface area contributed by atoms with E-state index in [9.17, 15) is 15.0 Å². The third kappa shape index (κ3) is 37.9. The van der Waals surface area contributed by atoms with Crippen LogP contribution in [-0.4, -0.2) is 34.9 Å². The van der Waals surface area contributed by atoms with E-state index >= 15 is 0 Å². The van der Waals surface area contributed by atoms with E-state index in [0.29, 0.717) is 6.42 Å². The molecule has 0 aliphatic carbocycles. The van der Waals surface area contributed by atoms with Gasteiger partial charge in [-0.1, -0.05) is 224 Å². The first-order valence-corrected chi connectivity index (χ1v) is 22.1. The first-order valence-electron chi connectivity index (χ1n) is 22.1. The van der Waals surface area contributed by atoms with Crippen LogP contribution in [0.15, 0.2) is 24.3 Å². The molecule has 0 fully saturated rings. The molecule has 0 saturated heterocycles. The quantitative estimate of drug-likeness (QED) is 0.0443. The first kappa shape index (κ1) is 47.9. The van der Waals surface area contributed by atoms with Crippen molar-refractivity contribution >= 4 is 5.91 Å². The zero-order chi connectivity index (χ0) is 35.7. The van der Waals surface area contributed by atoms with Gasteiger partial charge in [-0.25, -0.2) is 0 Å². The van der Waals surface area contributed by atoms with E-state index in [-0.39, 0.29) is 12.5 Å². The number of aliphatic hydroxyl groups excluding tert-OH is 2. The predicted molar refractivity (Wildman–Crippen MR) is 216 cm³/mol. The van der Waals surface area contributed by atoms with Crippen LogP contribution in [0.1, 0.15) is 239 Å². The predicted octanol–water partition coefficient (Wildman–Crippen LogP) is 13.6. The maximum absolute atomic E-state index is 12.4. The summed E-state index contributed by atoms with van der Waals surface area (Å²) in [5.41, 5.74) is 0. The van der Waals surface area contributed by atoms with Crippen LogP contribution in [0.25, 0.3) is 0 Å². The highest BCUT2D eigenvalue weighted by Gasteiger charge is 2.17. The van der Waals surface area contributed by atoms with E-state index < -0.39 is 12.1 Å². The molecule has 0 aliphatic rings. The van der Waals surface area contributed by atoms with E-state index in [2.05, 4.69) is 31.3 Å². The molecule has 2 atom stereocenters. The Balaban J connectivity index is 3.58. The molecule has 0 aromatic rings. The van der Waals surface area contributed by atoms with Gasteiger partial charge in [0.1, 0.15) is 0 Å². The van der Waals surface area contributed by atoms with E-state index in [0.717, 1.165) is 32.1 Å². The number of allylic oxidation sites excluding steroid dienone is 3. The highest BCUT2D eigenvalue weighted by Crippen LogP contribution is 2.16. The van der Waals surface area contributed by atoms with Gasteiger partial charge >= 0.3 is 0 Å². The first-order chi connectivity index (χ1) is 24.2. The molecule has 49 heavy (non-hydrogen) atoms. The second-order valence-electron chi connectivity index (χ2n) is 15.1. The Morgan fingerprint density at radius 2 is 0.796 bits per heavy atom. The molecule has 0 saturated carbocycles. The van der Waals surface area contributed by atoms with Crippen molar-refractivity contribution in [1.82, 2.24) is 5.32 Å². The van der Waals surface area contributed by atoms with Gasteiger partial charge in [0.15, 0.2) is 0 Å². The van der Waals surface area contributed by atoms with Crippen molar-refractivity contribution in [3.63, 3.8) is 0 Å². The summed E-state index contributed by atoms with van der Waals surface area (Å²) in [7, 11) is 0. The largest absolute Gasteiger partial charge is 0.394 e. The van der Waals surface area contributed by atoms with Crippen molar-refractivity contribution in [2.75, 3.05) is 6.61 Å². The number of rotatable bonds is 40. The highest BCUT2D eigenvalue weighted by atomic mass is 16.3. The number of unbranched alkanes of at least 4 members (excludes halogenated alkanes) is 31. The second kappa shape index (κ2) is 41.3. The maximum Gasteiger partial charge on any atom is 0.220 e. The minimum Gasteiger partial charge on any atom is -0.394 e. The molecular formula is C45H87NO3. The van der Waals surface area contributed by atoms with E-state index in [1.807, 2.05) is 6.08 Å². The van der Waals surface area contributed by atoms with Gasteiger partial charge in [-0.3, -0.25) is 4.79 Å². The normalized spacial score (nSPS) is 13.1. The summed E-state index contributed by atoms with van der Waals surface area (Å²) in [4.78, 5) is 12.4. The summed E-state index contributed by atoms with van der Waals surface area (Å²) < 4.78 is 0. The van der Waals surface area contributed by atoms with Gasteiger partial charge in [0.05, 0.1) is 18.8 Å². The van der Waals surface area contributed by atoms with E-state index in [1.165, 1.54) is 186 Å². The van der Waals surface area contributed by atoms with Gasteiger partial charge < -0.3 is 15.5 Å². The van der Waals surface area contributed by atoms with Crippen molar-refractivity contribution in [3.05, 3.63) is 24.3 Å². The van der Waals surface area contributed by atoms with Crippen LogP contribution in [0.4, 0.5) is 0 Å². The Morgan fingerprint density at radius 1 is 0.469 bits per heavy atom. The fourth-order valence-electron chi connectivity index (χ4n) is 6.78. The maximum atomic E-state index is 12.4. The molecule has 0 spiro atoms. The fourth-order valence-corrected chi connectivity index (χ4v) is 6.78. The van der Waals surface area contributed by atoms with E-state index in [1.54, 1.807) is 6.08 Å². The van der Waals surface area contributed by atoms with Gasteiger partial charge in [-0.2, -0.15) is 0 Å². The van der Waals surface area contributed by atoms with Crippen molar-refractivity contribution in [3.8, 4) is 0 Å². The van der Waals surface area contributed by atoms with E-state index in [4.69, 9.17) is 0 Å². The van der Waals surface area contributed by atoms with Crippen LogP contribution < -0.4 is 5.32 Å². The van der Waals surface area contributed by atoms with Crippen LogP contribution in [0, 0.1) is 0 Å². The average Bonchev–Trinajstić information content (AvgIpc) is 3.10. The summed E-state index contributed by atoms with van der Waals surface area (Å²) in [5.74, 6) is -0.0702. The zero-order valence-corrected chi connectivity index (χ0v) is 33.2. The molecule has 1 amide bonds. The number of carbonyl (C=O) groups is 1. The molecule has 3 N–H and O–H groups in total. The number of hydrogen-bond donors (Lipinski definition) is 3. The lowest BCUT2D eigenvalue weighted by atomic mass is 10.0. The molecular weight excluding hydrogens is 602 g/mol. The lowest BCUT2D eigenvalue weighted by Crippen LogP contribution is -2.45. The van der Waals surface area contributed by atoms with Crippen LogP contribution in [0.3, 0.4) is 0 Å². The summed E-state index contributed by atoms with van der Waals surface area (Å²) in [6.45, 7) is 4.31. The number of nitrogens with one attached hydrogen (secondary N) is 1. The SMILES string of the molecule is CCCCCCCCCCCCCC/C=C/CC/C=C/C(O)C(CO)NC(=O)CCCCCCCCCCCCCCCCCCCCC. The second-order valence-corrected chi connectivity index (χ2v) is 15.1. The molecule has 4 nitrogen and oxygen atoms in total. The Labute approximate surface area is 307 Å². The molecule has 2 unspecified atom stereocenters. The van der Waals surface area contributed by atoms with Crippen molar-refractivity contribution in [2.24, 2.45) is 0 Å². The van der Waals surface area contributed by atoms with Crippen LogP contribution in [-0.2, 0) is 4.79 Å². The van der Waals surface area contributed by atoms with Gasteiger partial charge in [-0.05, 0) is 32.1 Å². The number of amides is 1. The molecule has 4 heteroatoms. The molecule has 0 heterocycles. The number of carbonyl (C=O) groups excluding carboxylic acids is 1. The Hall–Kier alpha value is -1.13. The summed E-state index contributed by atoms with van der Waals surface area (Å²) in [5, 5.41) is 23.0. The third-order valence-electron chi connectivity index (χ3n) is 10.2. The lowest BCUT2D eigenvalue weighted by Gasteiger charge is -2.19. The lowest BCUT2D eigenvalue weighted by molar-refractivity contribution is -0.123. The van der Waals surface area contributed by atoms with Crippen LogP contribution in [0.2, 0.25) is 0 Å². The van der Waals surface area contributed by atoms with Gasteiger partial charge in [0.2, 0.25) is 5.91 Å². The zero-order valence-electron chi connectivity index (χ0n) is 33.2. The van der Waals surface area contributed by atoms with Crippen molar-refractivity contribution in [2.45, 2.75) is 251 Å². The topological polar surface area (TPSA) is 69.6 Å². The monoisotopic (exact) mass is 690 g/mol. The Morgan fingerprint density at radius 3 is 1.18 bits per heavy atom. The average molecular weight is 690 g/mol. The number of hydrogen-bond acceptors (Lipinski definition) is 3. The van der Waals surface area contributed by atoms with Crippen LogP contribution in [0.5, 0.6) is 0 Å². The van der Waals surface area contributed by atoms with Gasteiger partial charge in [0, 0.05) is 6.42 Å². The van der Waals surface area contributed by atoms with Crippen LogP contribution >= 0.6 is 0 Å². The highest BCUT2D eigenvalue weighted by molar-refractivity contribution is 5.76. The molecule has 0 aromatic carbocycles. The molecule has 0 bridgehead atoms. The molecule has 0 radical (unpaired) electrons. The molecule has 0 aromatic heterocycles. The fraction of sp³-hybridized carbons (Fsp3) is 0.889. The van der Waals surface area contributed by atoms with Gasteiger partial charge in [0.25, 0.3) is 0 Å². The standard InChI is InChI=1S/C45H87NO3/c1-3-5-7-9-11-13-15-17-19-21-23-25-27-29-31-33-35-37-39-41-45(49)46-43(42-47)44(48)40-38-36-34-32-30-28-26-24-22-20-18-16-14-12-10-8-6-4-2/h30,32,38,40,43-44,47-48H,3-29,31,33-37,39,41-42H2,1-2H3,(H,46,49)/b32-30+,40-38+. The summed E-state index contributed by atoms with van der Waals surface area (Å²) >= 11 is 0. The molecule has 0 rings (SSSR count). The minimum absolute atomic E-state index is 0.0702. The number of aliphatic hydroxyl groups is 2. The molecule has 290 valence electrons. The third-order valence-corrected chi connectivity index (χ3v) is 10.2. The summed E-state index contributed by atoms with van der Waals surface area (Å²) in [6, 6.07) is -0.634. The van der Waals surface area contributed by atoms with Crippen molar-refractivity contribution in [1.29, 1.82) is 0 Å².